The fraction of sp³-hybridized carbons (Fsp3) is 0.250. The molecule has 1 aliphatic heterocycles. The molecule has 2 aromatic carbocycles. The molecular formula is C16H16O. The molecule has 0 unspecified atom stereocenters. The standard InChI is InChI=1S/C16H16O/c1-3-7-13(8-4-1)15-11-16(17-12-15)14-9-5-2-6-10-14/h1-10,15-16H,11-12H2/t15-,16-/m0/s1. The molecule has 1 nitrogen and oxygen atoms in total. The fourth-order valence-electron chi connectivity index (χ4n) is 2.48. The third kappa shape index (κ3) is 2.25. The van der Waals surface area contributed by atoms with Gasteiger partial charge in [-0.25, -0.2) is 0 Å². The van der Waals surface area contributed by atoms with Crippen molar-refractivity contribution in [3.8, 4) is 0 Å². The van der Waals surface area contributed by atoms with Gasteiger partial charge in [-0.3, -0.25) is 0 Å². The van der Waals surface area contributed by atoms with Gasteiger partial charge in [-0.15, -0.1) is 0 Å². The van der Waals surface area contributed by atoms with Crippen LogP contribution in [-0.4, -0.2) is 6.61 Å². The summed E-state index contributed by atoms with van der Waals surface area (Å²) in [5.74, 6) is 0.543. The number of hydrogen-bond donors (Lipinski definition) is 0. The van der Waals surface area contributed by atoms with E-state index in [1.165, 1.54) is 11.1 Å². The zero-order chi connectivity index (χ0) is 11.5. The Bertz CT molecular complexity index is 418. The summed E-state index contributed by atoms with van der Waals surface area (Å²) in [6.07, 6.45) is 1.36. The quantitative estimate of drug-likeness (QED) is 0.751. The zero-order valence-corrected chi connectivity index (χ0v) is 9.75. The van der Waals surface area contributed by atoms with Crippen LogP contribution in [-0.2, 0) is 4.74 Å². The SMILES string of the molecule is c1ccc([C@@H]2CO[C@H](c3ccccc3)C2)cc1. The van der Waals surface area contributed by atoms with Crippen molar-refractivity contribution in [2.24, 2.45) is 0 Å². The summed E-state index contributed by atoms with van der Waals surface area (Å²) < 4.78 is 5.91. The van der Waals surface area contributed by atoms with Crippen LogP contribution in [0.15, 0.2) is 60.7 Å². The molecule has 1 fully saturated rings. The Balaban J connectivity index is 1.75. The highest BCUT2D eigenvalue weighted by Crippen LogP contribution is 2.37. The van der Waals surface area contributed by atoms with Crippen molar-refractivity contribution in [3.63, 3.8) is 0 Å². The molecule has 2 aromatic rings. The summed E-state index contributed by atoms with van der Waals surface area (Å²) in [5.41, 5.74) is 2.69. The second-order valence-corrected chi connectivity index (χ2v) is 4.58. The molecule has 1 heterocycles. The van der Waals surface area contributed by atoms with Gasteiger partial charge in [-0.05, 0) is 17.5 Å². The molecule has 0 radical (unpaired) electrons. The van der Waals surface area contributed by atoms with E-state index < -0.39 is 0 Å². The Morgan fingerprint density at radius 1 is 0.765 bits per heavy atom. The number of benzene rings is 2. The average Bonchev–Trinajstić information content (AvgIpc) is 2.90. The molecule has 0 spiro atoms. The topological polar surface area (TPSA) is 9.23 Å². The van der Waals surface area contributed by atoms with Gasteiger partial charge in [0.05, 0.1) is 12.7 Å². The van der Waals surface area contributed by atoms with Crippen molar-refractivity contribution in [1.29, 1.82) is 0 Å². The van der Waals surface area contributed by atoms with Crippen molar-refractivity contribution in [2.75, 3.05) is 6.61 Å². The molecular weight excluding hydrogens is 208 g/mol. The van der Waals surface area contributed by atoms with Gasteiger partial charge in [-0.2, -0.15) is 0 Å². The van der Waals surface area contributed by atoms with E-state index in [1.54, 1.807) is 0 Å². The molecule has 0 amide bonds. The van der Waals surface area contributed by atoms with Gasteiger partial charge in [0.1, 0.15) is 0 Å². The number of rotatable bonds is 2. The molecule has 1 heteroatoms. The first-order chi connectivity index (χ1) is 8.43. The van der Waals surface area contributed by atoms with Crippen molar-refractivity contribution < 1.29 is 4.74 Å². The van der Waals surface area contributed by atoms with Crippen LogP contribution in [0.3, 0.4) is 0 Å². The second-order valence-electron chi connectivity index (χ2n) is 4.58. The Morgan fingerprint density at radius 3 is 2.00 bits per heavy atom. The highest BCUT2D eigenvalue weighted by molar-refractivity contribution is 5.24. The normalized spacial score (nSPS) is 23.8. The van der Waals surface area contributed by atoms with E-state index in [1.807, 2.05) is 6.07 Å². The third-order valence-electron chi connectivity index (χ3n) is 3.44. The predicted molar refractivity (Wildman–Crippen MR) is 68.9 cm³/mol. The molecule has 2 atom stereocenters. The molecule has 0 aliphatic carbocycles. The van der Waals surface area contributed by atoms with Gasteiger partial charge >= 0.3 is 0 Å². The van der Waals surface area contributed by atoms with E-state index >= 15 is 0 Å². The first-order valence-corrected chi connectivity index (χ1v) is 6.15. The molecule has 1 aliphatic rings. The van der Waals surface area contributed by atoms with E-state index in [-0.39, 0.29) is 6.10 Å². The summed E-state index contributed by atoms with van der Waals surface area (Å²) in [5, 5.41) is 0. The van der Waals surface area contributed by atoms with Gasteiger partial charge in [0.2, 0.25) is 0 Å². The summed E-state index contributed by atoms with van der Waals surface area (Å²) in [6.45, 7) is 0.837. The van der Waals surface area contributed by atoms with Gasteiger partial charge in [0.25, 0.3) is 0 Å². The first kappa shape index (κ1) is 10.5. The van der Waals surface area contributed by atoms with Crippen molar-refractivity contribution in [1.82, 2.24) is 0 Å². The van der Waals surface area contributed by atoms with E-state index in [2.05, 4.69) is 54.6 Å². The van der Waals surface area contributed by atoms with Crippen LogP contribution < -0.4 is 0 Å². The summed E-state index contributed by atoms with van der Waals surface area (Å²) in [6, 6.07) is 21.2. The highest BCUT2D eigenvalue weighted by Gasteiger charge is 2.27. The molecule has 0 saturated carbocycles. The van der Waals surface area contributed by atoms with Crippen molar-refractivity contribution in [3.05, 3.63) is 71.8 Å². The maximum absolute atomic E-state index is 5.91. The van der Waals surface area contributed by atoms with Crippen molar-refractivity contribution in [2.45, 2.75) is 18.4 Å². The lowest BCUT2D eigenvalue weighted by atomic mass is 9.94. The summed E-state index contributed by atoms with van der Waals surface area (Å²) >= 11 is 0. The Morgan fingerprint density at radius 2 is 1.35 bits per heavy atom. The largest absolute Gasteiger partial charge is 0.373 e. The van der Waals surface area contributed by atoms with Crippen LogP contribution in [0.5, 0.6) is 0 Å². The minimum Gasteiger partial charge on any atom is -0.373 e. The molecule has 17 heavy (non-hydrogen) atoms. The van der Waals surface area contributed by atoms with E-state index in [9.17, 15) is 0 Å². The minimum atomic E-state index is 0.265. The lowest BCUT2D eigenvalue weighted by Gasteiger charge is -2.09. The molecule has 0 aromatic heterocycles. The summed E-state index contributed by atoms with van der Waals surface area (Å²) in [4.78, 5) is 0. The Kier molecular flexibility index (Phi) is 2.93. The van der Waals surface area contributed by atoms with E-state index in [0.29, 0.717) is 5.92 Å². The molecule has 0 N–H and O–H groups in total. The Labute approximate surface area is 102 Å². The maximum atomic E-state index is 5.91. The lowest BCUT2D eigenvalue weighted by Crippen LogP contribution is -1.96. The number of hydrogen-bond acceptors (Lipinski definition) is 1. The van der Waals surface area contributed by atoms with Crippen LogP contribution in [0.2, 0.25) is 0 Å². The molecule has 3 rings (SSSR count). The first-order valence-electron chi connectivity index (χ1n) is 6.15. The average molecular weight is 224 g/mol. The smallest absolute Gasteiger partial charge is 0.0831 e. The lowest BCUT2D eigenvalue weighted by molar-refractivity contribution is 0.110. The Hall–Kier alpha value is -1.60. The second kappa shape index (κ2) is 4.72. The highest BCUT2D eigenvalue weighted by atomic mass is 16.5. The maximum Gasteiger partial charge on any atom is 0.0831 e. The zero-order valence-electron chi connectivity index (χ0n) is 9.75. The van der Waals surface area contributed by atoms with E-state index in [4.69, 9.17) is 4.74 Å². The summed E-state index contributed by atoms with van der Waals surface area (Å²) in [7, 11) is 0. The third-order valence-corrected chi connectivity index (χ3v) is 3.44. The van der Waals surface area contributed by atoms with Crippen LogP contribution in [0.1, 0.15) is 29.6 Å². The van der Waals surface area contributed by atoms with Crippen LogP contribution >= 0.6 is 0 Å². The predicted octanol–water partition coefficient (Wildman–Crippen LogP) is 3.93. The molecule has 0 bridgehead atoms. The van der Waals surface area contributed by atoms with Crippen molar-refractivity contribution >= 4 is 0 Å². The number of ether oxygens (including phenoxy) is 1. The van der Waals surface area contributed by atoms with Gasteiger partial charge in [0, 0.05) is 5.92 Å². The van der Waals surface area contributed by atoms with Gasteiger partial charge in [0.15, 0.2) is 0 Å². The molecule has 1 saturated heterocycles. The van der Waals surface area contributed by atoms with E-state index in [0.717, 1.165) is 13.0 Å². The van der Waals surface area contributed by atoms with Gasteiger partial charge < -0.3 is 4.74 Å². The minimum absolute atomic E-state index is 0.265. The van der Waals surface area contributed by atoms with Gasteiger partial charge in [-0.1, -0.05) is 60.7 Å². The van der Waals surface area contributed by atoms with Crippen LogP contribution in [0.4, 0.5) is 0 Å². The van der Waals surface area contributed by atoms with Crippen LogP contribution in [0.25, 0.3) is 0 Å². The monoisotopic (exact) mass is 224 g/mol. The van der Waals surface area contributed by atoms with Crippen LogP contribution in [0, 0.1) is 0 Å². The molecule has 86 valence electrons. The fourth-order valence-corrected chi connectivity index (χ4v) is 2.48.